The molecule has 1 saturated heterocycles. The van der Waals surface area contributed by atoms with Gasteiger partial charge in [-0.25, -0.2) is 4.79 Å². The molecule has 2 aliphatic carbocycles. The molecular formula is C22H26F3N3O3. The monoisotopic (exact) mass is 437 g/mol. The largest absolute Gasteiger partial charge is 0.441 e. The molecular weight excluding hydrogens is 411 g/mol. The predicted molar refractivity (Wildman–Crippen MR) is 107 cm³/mol. The first-order valence-electron chi connectivity index (χ1n) is 10.9. The van der Waals surface area contributed by atoms with Gasteiger partial charge < -0.3 is 20.1 Å². The summed E-state index contributed by atoms with van der Waals surface area (Å²) in [5.41, 5.74) is -1.93. The number of para-hydroxylation sites is 1. The number of ether oxygens (including phenoxy) is 2. The summed E-state index contributed by atoms with van der Waals surface area (Å²) < 4.78 is 52.3. The smallest absolute Gasteiger partial charge is 0.421 e. The van der Waals surface area contributed by atoms with Crippen molar-refractivity contribution < 1.29 is 27.4 Å². The third-order valence-electron chi connectivity index (χ3n) is 6.97. The Morgan fingerprint density at radius 1 is 1.16 bits per heavy atom. The van der Waals surface area contributed by atoms with Crippen LogP contribution in [0.4, 0.5) is 18.0 Å². The number of carbonyl (C=O) groups is 1. The number of rotatable bonds is 4. The lowest BCUT2D eigenvalue weighted by molar-refractivity contribution is -0.333. The van der Waals surface area contributed by atoms with Gasteiger partial charge in [0.25, 0.3) is 0 Å². The average Bonchev–Trinajstić information content (AvgIpc) is 3.43. The van der Waals surface area contributed by atoms with E-state index in [1.165, 1.54) is 31.0 Å². The topological polar surface area (TPSA) is 72.0 Å². The summed E-state index contributed by atoms with van der Waals surface area (Å²) in [6.07, 6.45) is 1.22. The van der Waals surface area contributed by atoms with Crippen molar-refractivity contribution in [3.8, 4) is 5.75 Å². The summed E-state index contributed by atoms with van der Waals surface area (Å²) in [4.78, 5) is 16.8. The number of carbonyl (C=O) groups excluding carboxylic acids is 1. The molecule has 2 atom stereocenters. The van der Waals surface area contributed by atoms with E-state index in [0.717, 1.165) is 19.3 Å². The zero-order chi connectivity index (χ0) is 21.7. The molecule has 3 fully saturated rings. The van der Waals surface area contributed by atoms with E-state index >= 15 is 0 Å². The van der Waals surface area contributed by atoms with Gasteiger partial charge in [-0.15, -0.1) is 0 Å². The Balaban J connectivity index is 1.28. The van der Waals surface area contributed by atoms with Crippen molar-refractivity contribution in [3.63, 3.8) is 0 Å². The van der Waals surface area contributed by atoms with Crippen LogP contribution in [0.1, 0.15) is 50.5 Å². The summed E-state index contributed by atoms with van der Waals surface area (Å²) >= 11 is 0. The highest BCUT2D eigenvalue weighted by Crippen LogP contribution is 2.60. The Hall–Kier alpha value is -2.29. The van der Waals surface area contributed by atoms with Crippen molar-refractivity contribution >= 4 is 11.9 Å². The van der Waals surface area contributed by atoms with E-state index in [2.05, 4.69) is 15.6 Å². The minimum absolute atomic E-state index is 0.0432. The maximum Gasteiger partial charge on any atom is 0.421 e. The zero-order valence-electron chi connectivity index (χ0n) is 17.1. The van der Waals surface area contributed by atoms with Gasteiger partial charge in [0.1, 0.15) is 11.8 Å². The number of nitrogens with one attached hydrogen (secondary N) is 2. The maximum absolute atomic E-state index is 13.8. The average molecular weight is 437 g/mol. The summed E-state index contributed by atoms with van der Waals surface area (Å²) in [7, 11) is 0. The molecule has 0 aromatic heterocycles. The van der Waals surface area contributed by atoms with Gasteiger partial charge in [-0.1, -0.05) is 18.2 Å². The minimum Gasteiger partial charge on any atom is -0.441 e. The number of nitrogens with zero attached hydrogens (tertiary/aromatic N) is 1. The SMILES string of the molecule is O=C(NC1CC2(CC2)C1)NC1CCCN=C1Oc1ccccc1C1(C(F)(F)F)CCO1. The van der Waals surface area contributed by atoms with Gasteiger partial charge in [-0.05, 0) is 50.0 Å². The Labute approximate surface area is 178 Å². The Morgan fingerprint density at radius 2 is 1.90 bits per heavy atom. The first kappa shape index (κ1) is 20.6. The first-order valence-corrected chi connectivity index (χ1v) is 10.9. The fraction of sp³-hybridized carbons (Fsp3) is 0.636. The van der Waals surface area contributed by atoms with Gasteiger partial charge in [0.05, 0.1) is 6.61 Å². The molecule has 2 saturated carbocycles. The fourth-order valence-corrected chi connectivity index (χ4v) is 4.91. The van der Waals surface area contributed by atoms with Gasteiger partial charge in [0.15, 0.2) is 5.60 Å². The van der Waals surface area contributed by atoms with Crippen LogP contribution in [0.15, 0.2) is 29.3 Å². The number of amides is 2. The first-order chi connectivity index (χ1) is 14.8. The second-order valence-corrected chi connectivity index (χ2v) is 9.16. The van der Waals surface area contributed by atoms with Crippen molar-refractivity contribution in [2.75, 3.05) is 13.2 Å². The van der Waals surface area contributed by atoms with Crippen LogP contribution in [-0.2, 0) is 10.3 Å². The van der Waals surface area contributed by atoms with Crippen molar-refractivity contribution in [2.45, 2.75) is 68.8 Å². The van der Waals surface area contributed by atoms with Crippen molar-refractivity contribution in [1.82, 2.24) is 10.6 Å². The number of halogens is 3. The number of benzene rings is 1. The number of urea groups is 1. The highest BCUT2D eigenvalue weighted by molar-refractivity contribution is 5.89. The molecule has 0 bridgehead atoms. The molecule has 2 heterocycles. The van der Waals surface area contributed by atoms with Gasteiger partial charge in [0, 0.05) is 24.6 Å². The molecule has 5 rings (SSSR count). The van der Waals surface area contributed by atoms with E-state index in [1.807, 2.05) is 0 Å². The van der Waals surface area contributed by atoms with E-state index in [9.17, 15) is 18.0 Å². The molecule has 1 aromatic rings. The zero-order valence-corrected chi connectivity index (χ0v) is 17.1. The molecule has 1 spiro atoms. The third-order valence-corrected chi connectivity index (χ3v) is 6.97. The molecule has 4 aliphatic rings. The van der Waals surface area contributed by atoms with Gasteiger partial charge in [-0.2, -0.15) is 13.2 Å². The standard InChI is InChI=1S/C22H26F3N3O3/c23-22(24,25)21(9-11-30-21)15-4-1-2-6-17(15)31-18-16(5-3-10-26-18)28-19(29)27-14-12-20(13-14)7-8-20/h1-2,4,6,14,16H,3,5,7-13H2,(H2,27,28,29). The molecule has 31 heavy (non-hydrogen) atoms. The van der Waals surface area contributed by atoms with E-state index in [1.54, 1.807) is 6.07 Å². The molecule has 2 N–H and O–H groups in total. The van der Waals surface area contributed by atoms with Crippen LogP contribution in [0.3, 0.4) is 0 Å². The summed E-state index contributed by atoms with van der Waals surface area (Å²) in [6, 6.07) is 5.44. The van der Waals surface area contributed by atoms with Crippen LogP contribution in [-0.4, -0.2) is 43.3 Å². The fourth-order valence-electron chi connectivity index (χ4n) is 4.91. The normalized spacial score (nSPS) is 29.4. The van der Waals surface area contributed by atoms with Gasteiger partial charge in [-0.3, -0.25) is 4.99 Å². The molecule has 168 valence electrons. The van der Waals surface area contributed by atoms with Crippen LogP contribution >= 0.6 is 0 Å². The van der Waals surface area contributed by atoms with Crippen molar-refractivity contribution in [3.05, 3.63) is 29.8 Å². The van der Waals surface area contributed by atoms with Crippen LogP contribution in [0, 0.1) is 5.41 Å². The second-order valence-electron chi connectivity index (χ2n) is 9.16. The summed E-state index contributed by atoms with van der Waals surface area (Å²) in [6.45, 7) is 0.547. The lowest BCUT2D eigenvalue weighted by Crippen LogP contribution is -2.54. The summed E-state index contributed by atoms with van der Waals surface area (Å²) in [5.74, 6) is 0.292. The van der Waals surface area contributed by atoms with E-state index in [0.29, 0.717) is 18.4 Å². The number of aliphatic imine (C=N–C) groups is 1. The third kappa shape index (κ3) is 3.77. The van der Waals surface area contributed by atoms with Crippen LogP contribution in [0.25, 0.3) is 0 Å². The Bertz CT molecular complexity index is 885. The van der Waals surface area contributed by atoms with Crippen LogP contribution in [0.2, 0.25) is 0 Å². The van der Waals surface area contributed by atoms with Crippen LogP contribution in [0.5, 0.6) is 5.75 Å². The van der Waals surface area contributed by atoms with Crippen molar-refractivity contribution in [1.29, 1.82) is 0 Å². The maximum atomic E-state index is 13.8. The molecule has 0 radical (unpaired) electrons. The molecule has 1 aromatic carbocycles. The summed E-state index contributed by atoms with van der Waals surface area (Å²) in [5, 5.41) is 5.88. The van der Waals surface area contributed by atoms with Crippen LogP contribution < -0.4 is 15.4 Å². The molecule has 2 unspecified atom stereocenters. The predicted octanol–water partition coefficient (Wildman–Crippen LogP) is 4.05. The van der Waals surface area contributed by atoms with E-state index in [4.69, 9.17) is 9.47 Å². The second kappa shape index (κ2) is 7.39. The molecule has 2 amide bonds. The minimum atomic E-state index is -4.56. The Morgan fingerprint density at radius 3 is 2.55 bits per heavy atom. The lowest BCUT2D eigenvalue weighted by Gasteiger charge is -2.43. The number of alkyl halides is 3. The highest BCUT2D eigenvalue weighted by Gasteiger charge is 2.62. The molecule has 6 nitrogen and oxygen atoms in total. The molecule has 2 aliphatic heterocycles. The van der Waals surface area contributed by atoms with E-state index in [-0.39, 0.29) is 42.3 Å². The van der Waals surface area contributed by atoms with E-state index < -0.39 is 17.8 Å². The molecule has 9 heteroatoms. The highest BCUT2D eigenvalue weighted by atomic mass is 19.4. The number of hydrogen-bond acceptors (Lipinski definition) is 4. The quantitative estimate of drug-likeness (QED) is 0.747. The van der Waals surface area contributed by atoms with Gasteiger partial charge >= 0.3 is 12.2 Å². The van der Waals surface area contributed by atoms with Gasteiger partial charge in [0.2, 0.25) is 5.90 Å². The van der Waals surface area contributed by atoms with Crippen molar-refractivity contribution in [2.24, 2.45) is 10.4 Å². The number of hydrogen-bond donors (Lipinski definition) is 2. The Kier molecular flexibility index (Phi) is 4.91. The lowest BCUT2D eigenvalue weighted by atomic mass is 9.77.